The summed E-state index contributed by atoms with van der Waals surface area (Å²) >= 11 is 0. The summed E-state index contributed by atoms with van der Waals surface area (Å²) in [6, 6.07) is 3.02. The number of carboxylic acids is 1. The van der Waals surface area contributed by atoms with Gasteiger partial charge in [-0.05, 0) is 32.8 Å². The summed E-state index contributed by atoms with van der Waals surface area (Å²) in [6.45, 7) is 9.33. The van der Waals surface area contributed by atoms with E-state index in [-0.39, 0.29) is 30.2 Å². The summed E-state index contributed by atoms with van der Waals surface area (Å²) in [7, 11) is 0. The first kappa shape index (κ1) is 21.6. The Balaban J connectivity index is 2.91. The van der Waals surface area contributed by atoms with E-state index in [1.54, 1.807) is 0 Å². The second-order valence-corrected chi connectivity index (χ2v) is 7.30. The number of carbonyl (C=O) groups is 2. The SMILES string of the molecule is CC(C)c1ccc(C(=O)NC(CCOC(C)(C)C)C(=O)O)cc1[N+](=O)[O-]. The molecule has 1 atom stereocenters. The van der Waals surface area contributed by atoms with Gasteiger partial charge in [-0.1, -0.05) is 19.9 Å². The fourth-order valence-corrected chi connectivity index (χ4v) is 2.31. The van der Waals surface area contributed by atoms with E-state index in [2.05, 4.69) is 5.32 Å². The molecule has 0 aromatic heterocycles. The predicted molar refractivity (Wildman–Crippen MR) is 96.4 cm³/mol. The number of nitro groups is 1. The molecule has 0 aliphatic heterocycles. The largest absolute Gasteiger partial charge is 0.480 e. The van der Waals surface area contributed by atoms with Gasteiger partial charge in [0.1, 0.15) is 6.04 Å². The molecule has 0 aliphatic rings. The Labute approximate surface area is 152 Å². The van der Waals surface area contributed by atoms with Crippen LogP contribution >= 0.6 is 0 Å². The quantitative estimate of drug-likeness (QED) is 0.539. The second kappa shape index (κ2) is 8.75. The molecule has 1 aromatic carbocycles. The molecule has 0 saturated carbocycles. The smallest absolute Gasteiger partial charge is 0.326 e. The lowest BCUT2D eigenvalue weighted by Crippen LogP contribution is -2.42. The summed E-state index contributed by atoms with van der Waals surface area (Å²) in [5.74, 6) is -1.94. The van der Waals surface area contributed by atoms with Crippen LogP contribution in [0.1, 0.15) is 62.9 Å². The Kier molecular flexibility index (Phi) is 7.26. The first-order chi connectivity index (χ1) is 11.9. The van der Waals surface area contributed by atoms with Gasteiger partial charge >= 0.3 is 5.97 Å². The van der Waals surface area contributed by atoms with Crippen molar-refractivity contribution in [3.05, 3.63) is 39.4 Å². The van der Waals surface area contributed by atoms with Gasteiger partial charge in [-0.3, -0.25) is 14.9 Å². The van der Waals surface area contributed by atoms with Crippen molar-refractivity contribution in [2.75, 3.05) is 6.61 Å². The molecule has 0 saturated heterocycles. The van der Waals surface area contributed by atoms with Gasteiger partial charge in [-0.15, -0.1) is 0 Å². The third-order valence-corrected chi connectivity index (χ3v) is 3.66. The molecule has 0 bridgehead atoms. The molecule has 26 heavy (non-hydrogen) atoms. The van der Waals surface area contributed by atoms with Gasteiger partial charge in [-0.25, -0.2) is 4.79 Å². The molecule has 8 nitrogen and oxygen atoms in total. The standard InChI is InChI=1S/C18H26N2O6/c1-11(2)13-7-6-12(10-15(13)20(24)25)16(21)19-14(17(22)23)8-9-26-18(3,4)5/h6-7,10-11,14H,8-9H2,1-5H3,(H,19,21)(H,22,23). The van der Waals surface area contributed by atoms with E-state index in [1.807, 2.05) is 34.6 Å². The number of benzene rings is 1. The number of nitro benzene ring substituents is 1. The highest BCUT2D eigenvalue weighted by atomic mass is 16.6. The number of aliphatic carboxylic acids is 1. The summed E-state index contributed by atoms with van der Waals surface area (Å²) in [5, 5.41) is 22.9. The number of hydrogen-bond donors (Lipinski definition) is 2. The van der Waals surface area contributed by atoms with Crippen LogP contribution in [-0.4, -0.2) is 40.2 Å². The van der Waals surface area contributed by atoms with E-state index < -0.39 is 28.4 Å². The highest BCUT2D eigenvalue weighted by Crippen LogP contribution is 2.27. The van der Waals surface area contributed by atoms with Crippen molar-refractivity contribution in [2.45, 2.75) is 58.6 Å². The van der Waals surface area contributed by atoms with E-state index >= 15 is 0 Å². The van der Waals surface area contributed by atoms with Gasteiger partial charge in [0.15, 0.2) is 0 Å². The first-order valence-corrected chi connectivity index (χ1v) is 8.38. The minimum atomic E-state index is -1.19. The first-order valence-electron chi connectivity index (χ1n) is 8.38. The zero-order valence-corrected chi connectivity index (χ0v) is 15.7. The van der Waals surface area contributed by atoms with Crippen LogP contribution in [0.5, 0.6) is 0 Å². The Morgan fingerprint density at radius 2 is 1.92 bits per heavy atom. The molecule has 1 amide bonds. The van der Waals surface area contributed by atoms with Gasteiger partial charge in [0.25, 0.3) is 11.6 Å². The number of hydrogen-bond acceptors (Lipinski definition) is 5. The average Bonchev–Trinajstić information content (AvgIpc) is 2.51. The third-order valence-electron chi connectivity index (χ3n) is 3.66. The summed E-state index contributed by atoms with van der Waals surface area (Å²) in [6.07, 6.45) is 0.0878. The van der Waals surface area contributed by atoms with Crippen molar-refractivity contribution in [3.63, 3.8) is 0 Å². The van der Waals surface area contributed by atoms with Crippen molar-refractivity contribution >= 4 is 17.6 Å². The summed E-state index contributed by atoms with van der Waals surface area (Å²) in [4.78, 5) is 34.4. The van der Waals surface area contributed by atoms with Crippen LogP contribution in [0.15, 0.2) is 18.2 Å². The minimum absolute atomic E-state index is 0.0455. The second-order valence-electron chi connectivity index (χ2n) is 7.30. The van der Waals surface area contributed by atoms with Crippen LogP contribution < -0.4 is 5.32 Å². The van der Waals surface area contributed by atoms with Gasteiger partial charge in [0, 0.05) is 30.2 Å². The third kappa shape index (κ3) is 6.44. The Bertz CT molecular complexity index is 679. The Hall–Kier alpha value is -2.48. The van der Waals surface area contributed by atoms with E-state index in [1.165, 1.54) is 18.2 Å². The molecular weight excluding hydrogens is 340 g/mol. The van der Waals surface area contributed by atoms with Gasteiger partial charge in [0.05, 0.1) is 10.5 Å². The van der Waals surface area contributed by atoms with Crippen LogP contribution in [0, 0.1) is 10.1 Å². The van der Waals surface area contributed by atoms with Gasteiger partial charge in [-0.2, -0.15) is 0 Å². The number of nitrogens with zero attached hydrogens (tertiary/aromatic N) is 1. The maximum Gasteiger partial charge on any atom is 0.326 e. The lowest BCUT2D eigenvalue weighted by Gasteiger charge is -2.21. The highest BCUT2D eigenvalue weighted by Gasteiger charge is 2.24. The van der Waals surface area contributed by atoms with Crippen LogP contribution in [0.25, 0.3) is 0 Å². The molecule has 144 valence electrons. The fourth-order valence-electron chi connectivity index (χ4n) is 2.31. The van der Waals surface area contributed by atoms with Crippen molar-refractivity contribution in [1.29, 1.82) is 0 Å². The number of amides is 1. The Morgan fingerprint density at radius 3 is 2.38 bits per heavy atom. The normalized spacial score (nSPS) is 12.7. The molecule has 0 aliphatic carbocycles. The molecule has 0 fully saturated rings. The Morgan fingerprint density at radius 1 is 1.31 bits per heavy atom. The number of ether oxygens (including phenoxy) is 1. The van der Waals surface area contributed by atoms with Crippen molar-refractivity contribution in [2.24, 2.45) is 0 Å². The number of rotatable bonds is 8. The topological polar surface area (TPSA) is 119 Å². The minimum Gasteiger partial charge on any atom is -0.480 e. The van der Waals surface area contributed by atoms with E-state index in [0.717, 1.165) is 0 Å². The average molecular weight is 366 g/mol. The zero-order chi connectivity index (χ0) is 20.1. The van der Waals surface area contributed by atoms with E-state index in [4.69, 9.17) is 4.74 Å². The maximum atomic E-state index is 12.3. The van der Waals surface area contributed by atoms with E-state index in [0.29, 0.717) is 5.56 Å². The van der Waals surface area contributed by atoms with Crippen LogP contribution in [-0.2, 0) is 9.53 Å². The molecule has 0 heterocycles. The zero-order valence-electron chi connectivity index (χ0n) is 15.7. The monoisotopic (exact) mass is 366 g/mol. The van der Waals surface area contributed by atoms with Crippen LogP contribution in [0.4, 0.5) is 5.69 Å². The molecule has 0 radical (unpaired) electrons. The maximum absolute atomic E-state index is 12.3. The molecule has 1 unspecified atom stereocenters. The molecule has 1 aromatic rings. The van der Waals surface area contributed by atoms with Gasteiger partial charge in [0.2, 0.25) is 0 Å². The molecule has 8 heteroatoms. The van der Waals surface area contributed by atoms with Crippen molar-refractivity contribution < 1.29 is 24.4 Å². The number of carboxylic acid groups (broad SMARTS) is 1. The van der Waals surface area contributed by atoms with Crippen LogP contribution in [0.2, 0.25) is 0 Å². The van der Waals surface area contributed by atoms with E-state index in [9.17, 15) is 24.8 Å². The molecule has 2 N–H and O–H groups in total. The van der Waals surface area contributed by atoms with Crippen molar-refractivity contribution in [3.8, 4) is 0 Å². The molecule has 1 rings (SSSR count). The molecule has 0 spiro atoms. The number of carbonyl (C=O) groups excluding carboxylic acids is 1. The fraction of sp³-hybridized carbons (Fsp3) is 0.556. The van der Waals surface area contributed by atoms with Crippen LogP contribution in [0.3, 0.4) is 0 Å². The lowest BCUT2D eigenvalue weighted by atomic mass is 9.99. The molecular formula is C18H26N2O6. The number of nitrogens with one attached hydrogen (secondary N) is 1. The highest BCUT2D eigenvalue weighted by molar-refractivity contribution is 5.97. The lowest BCUT2D eigenvalue weighted by molar-refractivity contribution is -0.385. The predicted octanol–water partition coefficient (Wildman–Crippen LogP) is 3.11. The summed E-state index contributed by atoms with van der Waals surface area (Å²) in [5.41, 5.74) is -0.0139. The summed E-state index contributed by atoms with van der Waals surface area (Å²) < 4.78 is 5.49. The van der Waals surface area contributed by atoms with Gasteiger partial charge < -0.3 is 15.2 Å². The van der Waals surface area contributed by atoms with Crippen molar-refractivity contribution in [1.82, 2.24) is 5.32 Å².